The molecule has 0 fully saturated rings. The van der Waals surface area contributed by atoms with Gasteiger partial charge < -0.3 is 19.7 Å². The molecule has 0 aliphatic heterocycles. The zero-order valence-electron chi connectivity index (χ0n) is 24.2. The predicted molar refractivity (Wildman–Crippen MR) is 160 cm³/mol. The maximum absolute atomic E-state index is 14.0. The summed E-state index contributed by atoms with van der Waals surface area (Å²) < 4.78 is 39.7. The van der Waals surface area contributed by atoms with Gasteiger partial charge in [0.2, 0.25) is 11.8 Å². The Morgan fingerprint density at radius 1 is 0.878 bits per heavy atom. The highest BCUT2D eigenvalue weighted by Gasteiger charge is 2.33. The van der Waals surface area contributed by atoms with Gasteiger partial charge in [0.05, 0.1) is 24.8 Å². The van der Waals surface area contributed by atoms with Crippen LogP contribution in [0, 0.1) is 0 Å². The SMILES string of the molecule is CCC(C)NC(=O)C(C)N(CCc1ccccc1)C(=O)CN(c1ccccc1OC)S(=O)(=O)c1ccc(OC)cc1. The van der Waals surface area contributed by atoms with Crippen LogP contribution in [0.25, 0.3) is 0 Å². The van der Waals surface area contributed by atoms with Crippen molar-refractivity contribution < 1.29 is 27.5 Å². The number of nitrogens with zero attached hydrogens (tertiary/aromatic N) is 2. The first-order valence-electron chi connectivity index (χ1n) is 13.6. The van der Waals surface area contributed by atoms with E-state index < -0.39 is 28.5 Å². The lowest BCUT2D eigenvalue weighted by Crippen LogP contribution is -2.53. The molecule has 9 nitrogen and oxygen atoms in total. The van der Waals surface area contributed by atoms with Crippen molar-refractivity contribution >= 4 is 27.5 Å². The van der Waals surface area contributed by atoms with Crippen LogP contribution < -0.4 is 19.1 Å². The molecule has 0 spiro atoms. The maximum Gasteiger partial charge on any atom is 0.264 e. The topological polar surface area (TPSA) is 105 Å². The monoisotopic (exact) mass is 581 g/mol. The van der Waals surface area contributed by atoms with Crippen LogP contribution >= 0.6 is 0 Å². The highest BCUT2D eigenvalue weighted by Crippen LogP contribution is 2.33. The number of carbonyl (C=O) groups is 2. The normalized spacial score (nSPS) is 12.6. The minimum Gasteiger partial charge on any atom is -0.497 e. The Morgan fingerprint density at radius 3 is 2.12 bits per heavy atom. The van der Waals surface area contributed by atoms with Crippen LogP contribution in [0.3, 0.4) is 0 Å². The Bertz CT molecular complexity index is 1400. The Balaban J connectivity index is 2.01. The van der Waals surface area contributed by atoms with Gasteiger partial charge in [-0.3, -0.25) is 13.9 Å². The van der Waals surface area contributed by atoms with Crippen molar-refractivity contribution in [3.63, 3.8) is 0 Å². The molecule has 1 N–H and O–H groups in total. The molecule has 3 aromatic carbocycles. The van der Waals surface area contributed by atoms with Crippen LogP contribution in [0.5, 0.6) is 11.5 Å². The summed E-state index contributed by atoms with van der Waals surface area (Å²) in [6, 6.07) is 21.3. The first kappa shape index (κ1) is 31.5. The van der Waals surface area contributed by atoms with E-state index in [2.05, 4.69) is 5.32 Å². The quantitative estimate of drug-likeness (QED) is 0.305. The van der Waals surface area contributed by atoms with E-state index in [1.807, 2.05) is 44.2 Å². The third-order valence-corrected chi connectivity index (χ3v) is 8.71. The maximum atomic E-state index is 14.0. The van der Waals surface area contributed by atoms with Crippen LogP contribution in [0.2, 0.25) is 0 Å². The number of rotatable bonds is 14. The van der Waals surface area contributed by atoms with Gasteiger partial charge in [0.1, 0.15) is 24.1 Å². The number of benzene rings is 3. The van der Waals surface area contributed by atoms with Gasteiger partial charge >= 0.3 is 0 Å². The largest absolute Gasteiger partial charge is 0.497 e. The van der Waals surface area contributed by atoms with E-state index in [9.17, 15) is 18.0 Å². The summed E-state index contributed by atoms with van der Waals surface area (Å²) in [5.74, 6) is -0.0359. The Morgan fingerprint density at radius 2 is 1.51 bits per heavy atom. The van der Waals surface area contributed by atoms with E-state index in [0.29, 0.717) is 12.2 Å². The number of para-hydroxylation sites is 2. The molecule has 0 aliphatic rings. The van der Waals surface area contributed by atoms with E-state index in [0.717, 1.165) is 16.3 Å². The first-order valence-corrected chi connectivity index (χ1v) is 15.0. The van der Waals surface area contributed by atoms with Crippen molar-refractivity contribution in [1.29, 1.82) is 0 Å². The van der Waals surface area contributed by atoms with Crippen LogP contribution in [-0.2, 0) is 26.0 Å². The molecule has 0 bridgehead atoms. The Labute approximate surface area is 243 Å². The molecule has 3 rings (SSSR count). The van der Waals surface area contributed by atoms with Crippen LogP contribution in [-0.4, -0.2) is 64.5 Å². The third kappa shape index (κ3) is 8.00. The van der Waals surface area contributed by atoms with E-state index in [1.165, 1.54) is 31.3 Å². The zero-order chi connectivity index (χ0) is 30.0. The summed E-state index contributed by atoms with van der Waals surface area (Å²) in [5.41, 5.74) is 1.20. The van der Waals surface area contributed by atoms with Crippen LogP contribution in [0.1, 0.15) is 32.8 Å². The third-order valence-electron chi connectivity index (χ3n) is 6.93. The number of methoxy groups -OCH3 is 2. The standard InChI is InChI=1S/C31H39N3O6S/c1-6-23(2)32-31(36)24(3)33(21-20-25-12-8-7-9-13-25)30(35)22-34(28-14-10-11-15-29(28)40-5)41(37,38)27-18-16-26(39-4)17-19-27/h7-19,23-24H,6,20-22H2,1-5H3,(H,32,36). The lowest BCUT2D eigenvalue weighted by molar-refractivity contribution is -0.139. The molecule has 0 radical (unpaired) electrons. The number of ether oxygens (including phenoxy) is 2. The van der Waals surface area contributed by atoms with E-state index >= 15 is 0 Å². The van der Waals surface area contributed by atoms with Gasteiger partial charge in [-0.2, -0.15) is 0 Å². The molecular weight excluding hydrogens is 542 g/mol. The summed E-state index contributed by atoms with van der Waals surface area (Å²) in [6.45, 7) is 5.20. The summed E-state index contributed by atoms with van der Waals surface area (Å²) in [4.78, 5) is 28.6. The highest BCUT2D eigenvalue weighted by molar-refractivity contribution is 7.92. The molecule has 220 valence electrons. The fraction of sp³-hybridized carbons (Fsp3) is 0.355. The second-order valence-corrected chi connectivity index (χ2v) is 11.5. The van der Waals surface area contributed by atoms with Gasteiger partial charge in [0.15, 0.2) is 0 Å². The van der Waals surface area contributed by atoms with Crippen molar-refractivity contribution in [2.24, 2.45) is 0 Å². The minimum absolute atomic E-state index is 0.0181. The number of hydrogen-bond acceptors (Lipinski definition) is 6. The van der Waals surface area contributed by atoms with Crippen LogP contribution in [0.15, 0.2) is 83.8 Å². The van der Waals surface area contributed by atoms with Gasteiger partial charge in [0.25, 0.3) is 10.0 Å². The average molecular weight is 582 g/mol. The number of hydrogen-bond donors (Lipinski definition) is 1. The van der Waals surface area contributed by atoms with Crippen molar-refractivity contribution in [3.05, 3.63) is 84.4 Å². The van der Waals surface area contributed by atoms with Crippen LogP contribution in [0.4, 0.5) is 5.69 Å². The number of nitrogens with one attached hydrogen (secondary N) is 1. The van der Waals surface area contributed by atoms with Gasteiger partial charge in [0, 0.05) is 12.6 Å². The molecule has 2 amide bonds. The fourth-order valence-electron chi connectivity index (χ4n) is 4.26. The van der Waals surface area contributed by atoms with Crippen molar-refractivity contribution in [3.8, 4) is 11.5 Å². The molecular formula is C31H39N3O6S. The molecule has 0 aromatic heterocycles. The van der Waals surface area contributed by atoms with Gasteiger partial charge in [-0.05, 0) is 68.7 Å². The summed E-state index contributed by atoms with van der Waals surface area (Å²) in [5, 5.41) is 2.94. The van der Waals surface area contributed by atoms with E-state index in [1.54, 1.807) is 43.3 Å². The molecule has 0 aliphatic carbocycles. The number of amides is 2. The number of anilines is 1. The number of carbonyl (C=O) groups excluding carboxylic acids is 2. The van der Waals surface area contributed by atoms with Crippen molar-refractivity contribution in [1.82, 2.24) is 10.2 Å². The molecule has 2 unspecified atom stereocenters. The van der Waals surface area contributed by atoms with Gasteiger partial charge in [-0.15, -0.1) is 0 Å². The number of sulfonamides is 1. The van der Waals surface area contributed by atoms with Crippen molar-refractivity contribution in [2.75, 3.05) is 31.6 Å². The molecule has 10 heteroatoms. The second-order valence-electron chi connectivity index (χ2n) is 9.68. The summed E-state index contributed by atoms with van der Waals surface area (Å²) in [7, 11) is -1.30. The van der Waals surface area contributed by atoms with E-state index in [4.69, 9.17) is 9.47 Å². The average Bonchev–Trinajstić information content (AvgIpc) is 3.00. The first-order chi connectivity index (χ1) is 19.6. The summed E-state index contributed by atoms with van der Waals surface area (Å²) >= 11 is 0. The van der Waals surface area contributed by atoms with Crippen molar-refractivity contribution in [2.45, 2.75) is 50.6 Å². The lowest BCUT2D eigenvalue weighted by atomic mass is 10.1. The minimum atomic E-state index is -4.23. The predicted octanol–water partition coefficient (Wildman–Crippen LogP) is 4.27. The molecule has 2 atom stereocenters. The highest BCUT2D eigenvalue weighted by atomic mass is 32.2. The Hall–Kier alpha value is -4.05. The molecule has 0 saturated heterocycles. The van der Waals surface area contributed by atoms with Gasteiger partial charge in [-0.25, -0.2) is 8.42 Å². The second kappa shape index (κ2) is 14.5. The fourth-order valence-corrected chi connectivity index (χ4v) is 5.68. The molecule has 0 saturated carbocycles. The molecule has 3 aromatic rings. The smallest absolute Gasteiger partial charge is 0.264 e. The Kier molecular flexibility index (Phi) is 11.2. The molecule has 0 heterocycles. The van der Waals surface area contributed by atoms with Gasteiger partial charge in [-0.1, -0.05) is 49.4 Å². The summed E-state index contributed by atoms with van der Waals surface area (Å²) in [6.07, 6.45) is 1.23. The lowest BCUT2D eigenvalue weighted by Gasteiger charge is -2.32. The van der Waals surface area contributed by atoms with E-state index in [-0.39, 0.29) is 34.8 Å². The zero-order valence-corrected chi connectivity index (χ0v) is 25.1. The molecule has 41 heavy (non-hydrogen) atoms.